The van der Waals surface area contributed by atoms with E-state index in [1.807, 2.05) is 38.1 Å². The van der Waals surface area contributed by atoms with E-state index in [0.717, 1.165) is 46.0 Å². The van der Waals surface area contributed by atoms with Crippen molar-refractivity contribution in [2.75, 3.05) is 0 Å². The Hall–Kier alpha value is -4.21. The van der Waals surface area contributed by atoms with Crippen LogP contribution in [0.25, 0.3) is 21.9 Å². The maximum Gasteiger partial charge on any atom is 0.339 e. The van der Waals surface area contributed by atoms with Crippen LogP contribution in [0.5, 0.6) is 5.75 Å². The second-order valence-electron chi connectivity index (χ2n) is 10.7. The number of benzene rings is 3. The van der Waals surface area contributed by atoms with Gasteiger partial charge in [0.2, 0.25) is 10.0 Å². The van der Waals surface area contributed by atoms with Gasteiger partial charge in [-0.2, -0.15) is 4.72 Å². The lowest BCUT2D eigenvalue weighted by molar-refractivity contribution is -0.136. The van der Waals surface area contributed by atoms with Crippen molar-refractivity contribution < 1.29 is 22.4 Å². The highest BCUT2D eigenvalue weighted by Crippen LogP contribution is 2.35. The Kier molecular flexibility index (Phi) is 7.01. The van der Waals surface area contributed by atoms with Crippen molar-refractivity contribution in [2.45, 2.75) is 56.9 Å². The average molecular weight is 571 g/mol. The van der Waals surface area contributed by atoms with E-state index in [2.05, 4.69) is 9.71 Å². The van der Waals surface area contributed by atoms with E-state index < -0.39 is 22.0 Å². The van der Waals surface area contributed by atoms with Gasteiger partial charge in [0.15, 0.2) is 0 Å². The van der Waals surface area contributed by atoms with Crippen LogP contribution < -0.4 is 15.1 Å². The third-order valence-corrected chi connectivity index (χ3v) is 9.14. The van der Waals surface area contributed by atoms with Gasteiger partial charge in [0.25, 0.3) is 0 Å². The molecular formula is C32H30N2O6S. The molecule has 0 fully saturated rings. The minimum absolute atomic E-state index is 0.0525. The van der Waals surface area contributed by atoms with Crippen LogP contribution in [0, 0.1) is 13.8 Å². The normalized spacial score (nSPS) is 14.2. The van der Waals surface area contributed by atoms with E-state index in [9.17, 15) is 18.0 Å². The quantitative estimate of drug-likeness (QED) is 0.156. The van der Waals surface area contributed by atoms with Gasteiger partial charge < -0.3 is 14.1 Å². The van der Waals surface area contributed by atoms with Crippen molar-refractivity contribution in [3.63, 3.8) is 0 Å². The fraction of sp³-hybridized carbons (Fsp3) is 0.250. The summed E-state index contributed by atoms with van der Waals surface area (Å²) in [4.78, 5) is 29.8. The number of esters is 1. The molecule has 0 spiro atoms. The van der Waals surface area contributed by atoms with Gasteiger partial charge in [0, 0.05) is 29.1 Å². The minimum atomic E-state index is -4.06. The molecule has 1 atom stereocenters. The van der Waals surface area contributed by atoms with Gasteiger partial charge in [0.1, 0.15) is 17.4 Å². The molecule has 2 aromatic heterocycles. The fourth-order valence-electron chi connectivity index (χ4n) is 5.59. The van der Waals surface area contributed by atoms with Gasteiger partial charge in [-0.05, 0) is 86.6 Å². The Balaban J connectivity index is 1.41. The Morgan fingerprint density at radius 3 is 2.51 bits per heavy atom. The van der Waals surface area contributed by atoms with Crippen LogP contribution in [0.4, 0.5) is 0 Å². The molecule has 0 bridgehead atoms. The second kappa shape index (κ2) is 10.6. The zero-order chi connectivity index (χ0) is 28.7. The summed E-state index contributed by atoms with van der Waals surface area (Å²) >= 11 is 0. The highest BCUT2D eigenvalue weighted by Gasteiger charge is 2.30. The summed E-state index contributed by atoms with van der Waals surface area (Å²) in [5, 5.41) is 1.47. The van der Waals surface area contributed by atoms with Crippen LogP contribution in [-0.4, -0.2) is 25.4 Å². The number of fused-ring (bicyclic) bond motifs is 4. The van der Waals surface area contributed by atoms with E-state index in [0.29, 0.717) is 29.4 Å². The predicted molar refractivity (Wildman–Crippen MR) is 157 cm³/mol. The van der Waals surface area contributed by atoms with Gasteiger partial charge in [-0.25, -0.2) is 18.0 Å². The Morgan fingerprint density at radius 2 is 1.73 bits per heavy atom. The summed E-state index contributed by atoms with van der Waals surface area (Å²) < 4.78 is 41.1. The van der Waals surface area contributed by atoms with Crippen LogP contribution in [0.1, 0.15) is 40.7 Å². The van der Waals surface area contributed by atoms with E-state index in [4.69, 9.17) is 9.15 Å². The first-order valence-corrected chi connectivity index (χ1v) is 15.1. The third-order valence-electron chi connectivity index (χ3n) is 7.65. The number of para-hydroxylation sites is 1. The highest BCUT2D eigenvalue weighted by molar-refractivity contribution is 7.89. The van der Waals surface area contributed by atoms with Crippen LogP contribution in [0.2, 0.25) is 0 Å². The smallest absolute Gasteiger partial charge is 0.339 e. The number of hydrogen-bond acceptors (Lipinski definition) is 6. The number of H-pyrrole nitrogens is 1. The molecule has 5 aromatic rings. The highest BCUT2D eigenvalue weighted by atomic mass is 32.2. The summed E-state index contributed by atoms with van der Waals surface area (Å²) in [6, 6.07) is 16.3. The molecule has 0 saturated carbocycles. The van der Waals surface area contributed by atoms with Gasteiger partial charge in [-0.15, -0.1) is 0 Å². The molecular weight excluding hydrogens is 540 g/mol. The van der Waals surface area contributed by atoms with E-state index in [-0.39, 0.29) is 22.7 Å². The first-order valence-electron chi connectivity index (χ1n) is 13.6. The lowest BCUT2D eigenvalue weighted by atomic mass is 9.90. The maximum atomic E-state index is 13.9. The van der Waals surface area contributed by atoms with Crippen molar-refractivity contribution >= 4 is 37.9 Å². The van der Waals surface area contributed by atoms with E-state index in [1.165, 1.54) is 12.1 Å². The lowest BCUT2D eigenvalue weighted by Crippen LogP contribution is -2.44. The molecule has 0 amide bonds. The number of carbonyl (C=O) groups excluding carboxylic acids is 1. The molecule has 0 aliphatic heterocycles. The Bertz CT molecular complexity index is 1950. The first-order chi connectivity index (χ1) is 19.7. The third kappa shape index (κ3) is 5.30. The number of aryl methyl sites for hydroxylation is 3. The van der Waals surface area contributed by atoms with Crippen LogP contribution >= 0.6 is 0 Å². The molecule has 0 unspecified atom stereocenters. The van der Waals surface area contributed by atoms with Gasteiger partial charge in [0.05, 0.1) is 10.3 Å². The number of sulfonamides is 1. The molecule has 1 aliphatic carbocycles. The van der Waals surface area contributed by atoms with Crippen LogP contribution in [-0.2, 0) is 34.1 Å². The first kappa shape index (κ1) is 27.0. The number of nitrogens with one attached hydrogen (secondary N) is 2. The summed E-state index contributed by atoms with van der Waals surface area (Å²) in [5.41, 5.74) is 4.74. The zero-order valence-electron chi connectivity index (χ0n) is 22.8. The number of ether oxygens (including phenoxy) is 1. The Morgan fingerprint density at radius 1 is 1.00 bits per heavy atom. The predicted octanol–water partition coefficient (Wildman–Crippen LogP) is 5.27. The summed E-state index contributed by atoms with van der Waals surface area (Å²) in [7, 11) is -4.06. The number of aromatic nitrogens is 1. The molecule has 0 radical (unpaired) electrons. The molecule has 0 saturated heterocycles. The standard InChI is InChI=1S/C32H30N2O6S/c1-19-11-13-22(14-12-19)41(37,38)34-27(17-21-18-33-26-10-6-5-7-23(21)26)32(36)40-29-16-20(2)15-28-30(29)24-8-3-4-9-25(24)31(35)39-28/h5-7,10-16,18,27,33-34H,3-4,8-9,17H2,1-2H3/t27-/m0/s1. The second-order valence-corrected chi connectivity index (χ2v) is 12.4. The largest absolute Gasteiger partial charge is 0.425 e. The molecule has 3 aromatic carbocycles. The maximum absolute atomic E-state index is 13.9. The van der Waals surface area contributed by atoms with Crippen molar-refractivity contribution in [1.82, 2.24) is 9.71 Å². The number of aromatic amines is 1. The van der Waals surface area contributed by atoms with Crippen molar-refractivity contribution in [2.24, 2.45) is 0 Å². The zero-order valence-corrected chi connectivity index (χ0v) is 23.6. The van der Waals surface area contributed by atoms with Crippen LogP contribution in [0.3, 0.4) is 0 Å². The topological polar surface area (TPSA) is 118 Å². The van der Waals surface area contributed by atoms with Crippen molar-refractivity contribution in [3.05, 3.63) is 105 Å². The molecule has 8 nitrogen and oxygen atoms in total. The average Bonchev–Trinajstić information content (AvgIpc) is 3.35. The van der Waals surface area contributed by atoms with Crippen LogP contribution in [0.15, 0.2) is 81.0 Å². The summed E-state index contributed by atoms with van der Waals surface area (Å²) in [6.45, 7) is 3.69. The van der Waals surface area contributed by atoms with Gasteiger partial charge >= 0.3 is 11.6 Å². The van der Waals surface area contributed by atoms with Gasteiger partial charge in [-0.1, -0.05) is 35.9 Å². The molecule has 2 heterocycles. The van der Waals surface area contributed by atoms with Crippen molar-refractivity contribution in [1.29, 1.82) is 0 Å². The number of rotatable bonds is 7. The monoisotopic (exact) mass is 570 g/mol. The number of carbonyl (C=O) groups is 1. The molecule has 9 heteroatoms. The summed E-state index contributed by atoms with van der Waals surface area (Å²) in [6.07, 6.45) is 4.91. The molecule has 6 rings (SSSR count). The van der Waals surface area contributed by atoms with Crippen molar-refractivity contribution in [3.8, 4) is 5.75 Å². The molecule has 1 aliphatic rings. The summed E-state index contributed by atoms with van der Waals surface area (Å²) in [5.74, 6) is -0.501. The Labute approximate surface area is 237 Å². The molecule has 2 N–H and O–H groups in total. The van der Waals surface area contributed by atoms with Gasteiger partial charge in [-0.3, -0.25) is 0 Å². The van der Waals surface area contributed by atoms with E-state index >= 15 is 0 Å². The SMILES string of the molecule is Cc1ccc(S(=O)(=O)N[C@@H](Cc2c[nH]c3ccccc23)C(=O)Oc2cc(C)cc3oc(=O)c4c(c23)CCCC4)cc1. The molecule has 41 heavy (non-hydrogen) atoms. The fourth-order valence-corrected chi connectivity index (χ4v) is 6.78. The minimum Gasteiger partial charge on any atom is -0.425 e. The molecule has 210 valence electrons. The lowest BCUT2D eigenvalue weighted by Gasteiger charge is -2.21. The number of hydrogen-bond donors (Lipinski definition) is 2. The van der Waals surface area contributed by atoms with E-state index in [1.54, 1.807) is 30.5 Å².